The van der Waals surface area contributed by atoms with Crippen LogP contribution in [-0.2, 0) is 20.7 Å². The molecule has 1 atom stereocenters. The minimum atomic E-state index is -0.946. The molecule has 1 aromatic rings. The average molecular weight is 293 g/mol. The van der Waals surface area contributed by atoms with Gasteiger partial charge in [0.05, 0.1) is 32.1 Å². The molecule has 1 aromatic carbocycles. The SMILES string of the molecule is COc1ccccc1CC(=O)NC1(CC(=O)O)CCOC1. The number of carboxylic acid groups (broad SMARTS) is 1. The van der Waals surface area contributed by atoms with Crippen LogP contribution in [0.15, 0.2) is 24.3 Å². The monoisotopic (exact) mass is 293 g/mol. The van der Waals surface area contributed by atoms with Crippen molar-refractivity contribution in [2.75, 3.05) is 20.3 Å². The molecule has 0 spiro atoms. The first kappa shape index (κ1) is 15.3. The molecule has 2 rings (SSSR count). The molecule has 1 unspecified atom stereocenters. The van der Waals surface area contributed by atoms with Crippen LogP contribution in [0.25, 0.3) is 0 Å². The van der Waals surface area contributed by atoms with Crippen molar-refractivity contribution in [3.8, 4) is 5.75 Å². The highest BCUT2D eigenvalue weighted by atomic mass is 16.5. The molecule has 0 saturated carbocycles. The third-order valence-corrected chi connectivity index (χ3v) is 3.54. The zero-order valence-electron chi connectivity index (χ0n) is 11.9. The van der Waals surface area contributed by atoms with Gasteiger partial charge in [-0.05, 0) is 12.5 Å². The van der Waals surface area contributed by atoms with Crippen molar-refractivity contribution in [3.63, 3.8) is 0 Å². The lowest BCUT2D eigenvalue weighted by atomic mass is 9.94. The summed E-state index contributed by atoms with van der Waals surface area (Å²) in [6.07, 6.45) is 0.521. The lowest BCUT2D eigenvalue weighted by molar-refractivity contribution is -0.139. The fourth-order valence-electron chi connectivity index (χ4n) is 2.54. The Morgan fingerprint density at radius 3 is 2.81 bits per heavy atom. The summed E-state index contributed by atoms with van der Waals surface area (Å²) in [6.45, 7) is 0.694. The smallest absolute Gasteiger partial charge is 0.305 e. The van der Waals surface area contributed by atoms with Crippen molar-refractivity contribution >= 4 is 11.9 Å². The number of aliphatic carboxylic acids is 1. The van der Waals surface area contributed by atoms with Gasteiger partial charge in [0.15, 0.2) is 0 Å². The number of rotatable bonds is 6. The Kier molecular flexibility index (Phi) is 4.80. The van der Waals surface area contributed by atoms with Crippen LogP contribution in [0.1, 0.15) is 18.4 Å². The van der Waals surface area contributed by atoms with Gasteiger partial charge in [-0.1, -0.05) is 18.2 Å². The van der Waals surface area contributed by atoms with Crippen LogP contribution in [0.3, 0.4) is 0 Å². The van der Waals surface area contributed by atoms with Crippen molar-refractivity contribution in [2.24, 2.45) is 0 Å². The maximum atomic E-state index is 12.2. The van der Waals surface area contributed by atoms with Gasteiger partial charge in [-0.2, -0.15) is 0 Å². The van der Waals surface area contributed by atoms with E-state index < -0.39 is 11.5 Å². The van der Waals surface area contributed by atoms with E-state index in [-0.39, 0.29) is 25.4 Å². The topological polar surface area (TPSA) is 84.9 Å². The Morgan fingerprint density at radius 1 is 1.43 bits per heavy atom. The molecule has 1 saturated heterocycles. The third kappa shape index (κ3) is 3.95. The molecule has 1 amide bonds. The number of methoxy groups -OCH3 is 1. The molecule has 0 radical (unpaired) electrons. The van der Waals surface area contributed by atoms with E-state index in [1.165, 1.54) is 0 Å². The van der Waals surface area contributed by atoms with Crippen LogP contribution >= 0.6 is 0 Å². The minimum Gasteiger partial charge on any atom is -0.496 e. The molecule has 1 aliphatic rings. The Labute approximate surface area is 123 Å². The van der Waals surface area contributed by atoms with E-state index in [4.69, 9.17) is 14.6 Å². The number of carboxylic acids is 1. The number of hydrogen-bond donors (Lipinski definition) is 2. The number of nitrogens with one attached hydrogen (secondary N) is 1. The van der Waals surface area contributed by atoms with Gasteiger partial charge >= 0.3 is 5.97 Å². The van der Waals surface area contributed by atoms with Gasteiger partial charge in [-0.3, -0.25) is 9.59 Å². The van der Waals surface area contributed by atoms with E-state index in [9.17, 15) is 9.59 Å². The number of benzene rings is 1. The Balaban J connectivity index is 2.04. The van der Waals surface area contributed by atoms with Crippen molar-refractivity contribution < 1.29 is 24.2 Å². The standard InChI is InChI=1S/C15H19NO5/c1-20-12-5-3-2-4-11(12)8-13(17)16-15(9-14(18)19)6-7-21-10-15/h2-5H,6-10H2,1H3,(H,16,17)(H,18,19). The Morgan fingerprint density at radius 2 is 2.19 bits per heavy atom. The Bertz CT molecular complexity index is 523. The Hall–Kier alpha value is -2.08. The molecule has 1 aliphatic heterocycles. The molecule has 6 nitrogen and oxygen atoms in total. The van der Waals surface area contributed by atoms with Crippen LogP contribution in [0.4, 0.5) is 0 Å². The van der Waals surface area contributed by atoms with E-state index >= 15 is 0 Å². The maximum absolute atomic E-state index is 12.2. The van der Waals surface area contributed by atoms with E-state index in [0.29, 0.717) is 18.8 Å². The number of hydrogen-bond acceptors (Lipinski definition) is 4. The number of para-hydroxylation sites is 1. The van der Waals surface area contributed by atoms with Crippen LogP contribution < -0.4 is 10.1 Å². The minimum absolute atomic E-state index is 0.134. The zero-order valence-corrected chi connectivity index (χ0v) is 11.9. The summed E-state index contributed by atoms with van der Waals surface area (Å²) in [7, 11) is 1.55. The highest BCUT2D eigenvalue weighted by molar-refractivity contribution is 5.81. The molecular formula is C15H19NO5. The van der Waals surface area contributed by atoms with Crippen LogP contribution in [0.5, 0.6) is 5.75 Å². The lowest BCUT2D eigenvalue weighted by Gasteiger charge is -2.27. The summed E-state index contributed by atoms with van der Waals surface area (Å²) in [5.74, 6) is -0.535. The molecule has 1 heterocycles. The fraction of sp³-hybridized carbons (Fsp3) is 0.467. The molecule has 21 heavy (non-hydrogen) atoms. The van der Waals surface area contributed by atoms with Crippen LogP contribution in [0.2, 0.25) is 0 Å². The number of carbonyl (C=O) groups excluding carboxylic acids is 1. The van der Waals surface area contributed by atoms with Crippen LogP contribution in [-0.4, -0.2) is 42.8 Å². The molecule has 6 heteroatoms. The average Bonchev–Trinajstić information content (AvgIpc) is 2.86. The van der Waals surface area contributed by atoms with Crippen molar-refractivity contribution in [1.82, 2.24) is 5.32 Å². The van der Waals surface area contributed by atoms with Gasteiger partial charge in [0.25, 0.3) is 0 Å². The van der Waals surface area contributed by atoms with Crippen molar-refractivity contribution in [3.05, 3.63) is 29.8 Å². The second kappa shape index (κ2) is 6.58. The highest BCUT2D eigenvalue weighted by Crippen LogP contribution is 2.24. The predicted molar refractivity (Wildman–Crippen MR) is 75.3 cm³/mol. The predicted octanol–water partition coefficient (Wildman–Crippen LogP) is 0.988. The van der Waals surface area contributed by atoms with E-state index in [1.54, 1.807) is 13.2 Å². The molecule has 0 aliphatic carbocycles. The largest absolute Gasteiger partial charge is 0.496 e. The molecule has 114 valence electrons. The van der Waals surface area contributed by atoms with E-state index in [2.05, 4.69) is 5.32 Å². The van der Waals surface area contributed by atoms with Crippen LogP contribution in [0, 0.1) is 0 Å². The summed E-state index contributed by atoms with van der Waals surface area (Å²) in [4.78, 5) is 23.2. The summed E-state index contributed by atoms with van der Waals surface area (Å²) in [6, 6.07) is 7.26. The summed E-state index contributed by atoms with van der Waals surface area (Å²) < 4.78 is 10.5. The number of ether oxygens (including phenoxy) is 2. The molecule has 0 aromatic heterocycles. The second-order valence-corrected chi connectivity index (χ2v) is 5.19. The lowest BCUT2D eigenvalue weighted by Crippen LogP contribution is -2.51. The molecule has 1 fully saturated rings. The number of amides is 1. The first-order valence-electron chi connectivity index (χ1n) is 6.77. The first-order valence-corrected chi connectivity index (χ1v) is 6.77. The third-order valence-electron chi connectivity index (χ3n) is 3.54. The van der Waals surface area contributed by atoms with Gasteiger partial charge in [-0.25, -0.2) is 0 Å². The zero-order chi connectivity index (χ0) is 15.3. The highest BCUT2D eigenvalue weighted by Gasteiger charge is 2.38. The van der Waals surface area contributed by atoms with Crippen molar-refractivity contribution in [2.45, 2.75) is 24.8 Å². The quantitative estimate of drug-likeness (QED) is 0.817. The summed E-state index contributed by atoms with van der Waals surface area (Å²) in [5, 5.41) is 11.8. The maximum Gasteiger partial charge on any atom is 0.305 e. The molecule has 0 bridgehead atoms. The summed E-state index contributed by atoms with van der Waals surface area (Å²) in [5.41, 5.74) is -0.0350. The van der Waals surface area contributed by atoms with Gasteiger partial charge in [0, 0.05) is 12.2 Å². The number of carbonyl (C=O) groups is 2. The van der Waals surface area contributed by atoms with E-state index in [1.807, 2.05) is 18.2 Å². The van der Waals surface area contributed by atoms with Gasteiger partial charge in [-0.15, -0.1) is 0 Å². The second-order valence-electron chi connectivity index (χ2n) is 5.19. The first-order chi connectivity index (χ1) is 10.0. The normalized spacial score (nSPS) is 21.0. The van der Waals surface area contributed by atoms with Gasteiger partial charge in [0.2, 0.25) is 5.91 Å². The van der Waals surface area contributed by atoms with Crippen molar-refractivity contribution in [1.29, 1.82) is 0 Å². The van der Waals surface area contributed by atoms with Gasteiger partial charge in [0.1, 0.15) is 5.75 Å². The van der Waals surface area contributed by atoms with E-state index in [0.717, 1.165) is 5.56 Å². The molecular weight excluding hydrogens is 274 g/mol. The summed E-state index contributed by atoms with van der Waals surface area (Å²) >= 11 is 0. The molecule has 2 N–H and O–H groups in total. The van der Waals surface area contributed by atoms with Gasteiger partial charge < -0.3 is 19.9 Å². The fourth-order valence-corrected chi connectivity index (χ4v) is 2.54.